The van der Waals surface area contributed by atoms with Gasteiger partial charge in [0.05, 0.1) is 17.0 Å². The van der Waals surface area contributed by atoms with E-state index in [2.05, 4.69) is 10.1 Å². The molecule has 0 saturated carbocycles. The predicted molar refractivity (Wildman–Crippen MR) is 114 cm³/mol. The Balaban J connectivity index is 1.70. The number of benzene rings is 2. The minimum atomic E-state index is -0.692. The topological polar surface area (TPSA) is 89.4 Å². The lowest BCUT2D eigenvalue weighted by Crippen LogP contribution is -2.29. The fraction of sp³-hybridized carbons (Fsp3) is 0.0833. The van der Waals surface area contributed by atoms with Crippen molar-refractivity contribution in [2.75, 3.05) is 4.90 Å². The van der Waals surface area contributed by atoms with Crippen LogP contribution in [0.3, 0.4) is 0 Å². The highest BCUT2D eigenvalue weighted by atomic mass is 16.5. The molecule has 31 heavy (non-hydrogen) atoms. The number of fused-ring (bicyclic) bond motifs is 4. The largest absolute Gasteiger partial charge is 0.450 e. The first kappa shape index (κ1) is 17.6. The molecule has 5 aromatic rings. The summed E-state index contributed by atoms with van der Waals surface area (Å²) in [5.74, 6) is 0.472. The highest BCUT2D eigenvalue weighted by molar-refractivity contribution is 6.12. The van der Waals surface area contributed by atoms with Gasteiger partial charge in [0, 0.05) is 23.8 Å². The Kier molecular flexibility index (Phi) is 3.61. The molecule has 7 heteroatoms. The second-order valence-electron chi connectivity index (χ2n) is 7.49. The number of carbonyl (C=O) groups is 1. The van der Waals surface area contributed by atoms with Gasteiger partial charge in [-0.2, -0.15) is 0 Å². The highest BCUT2D eigenvalue weighted by Gasteiger charge is 2.45. The molecule has 1 aliphatic heterocycles. The third kappa shape index (κ3) is 2.46. The third-order valence-electron chi connectivity index (χ3n) is 5.65. The number of anilines is 1. The fourth-order valence-corrected chi connectivity index (χ4v) is 4.26. The number of nitrogens with zero attached hydrogens (tertiary/aromatic N) is 3. The Morgan fingerprint density at radius 3 is 2.55 bits per heavy atom. The van der Waals surface area contributed by atoms with Crippen LogP contribution in [0.2, 0.25) is 0 Å². The lowest BCUT2D eigenvalue weighted by Gasteiger charge is -2.22. The molecule has 0 radical (unpaired) electrons. The SMILES string of the molecule is Cc1cc(N2C(=O)c3oc4c(ccc5ccccc54)c(=O)c3[C@H]2c2ccncc2)no1. The molecular weight excluding hydrogens is 394 g/mol. The number of hydrogen-bond donors (Lipinski definition) is 0. The average Bonchev–Trinajstić information content (AvgIpc) is 3.35. The van der Waals surface area contributed by atoms with Crippen LogP contribution in [0.4, 0.5) is 5.82 Å². The molecule has 0 unspecified atom stereocenters. The molecule has 0 fully saturated rings. The Labute approximate surface area is 175 Å². The standard InChI is InChI=1S/C24H15N3O4/c1-13-12-18(26-31-13)27-20(15-8-10-25-11-9-15)19-21(28)17-7-6-14-4-2-3-5-16(14)22(17)30-23(19)24(27)29/h2-12,20H,1H3/t20-/m1/s1. The van der Waals surface area contributed by atoms with Gasteiger partial charge < -0.3 is 8.94 Å². The van der Waals surface area contributed by atoms with Crippen molar-refractivity contribution in [1.29, 1.82) is 0 Å². The average molecular weight is 409 g/mol. The summed E-state index contributed by atoms with van der Waals surface area (Å²) in [5.41, 5.74) is 1.19. The first-order valence-electron chi connectivity index (χ1n) is 9.79. The monoisotopic (exact) mass is 409 g/mol. The molecule has 4 heterocycles. The minimum absolute atomic E-state index is 0.0244. The van der Waals surface area contributed by atoms with Gasteiger partial charge in [-0.15, -0.1) is 0 Å². The number of hydrogen-bond acceptors (Lipinski definition) is 6. The van der Waals surface area contributed by atoms with Crippen LogP contribution < -0.4 is 10.3 Å². The maximum atomic E-state index is 13.7. The zero-order valence-electron chi connectivity index (χ0n) is 16.4. The molecule has 0 aliphatic carbocycles. The van der Waals surface area contributed by atoms with E-state index in [1.165, 1.54) is 4.90 Å². The second kappa shape index (κ2) is 6.37. The quantitative estimate of drug-likeness (QED) is 0.402. The van der Waals surface area contributed by atoms with E-state index >= 15 is 0 Å². The van der Waals surface area contributed by atoms with E-state index in [-0.39, 0.29) is 11.2 Å². The lowest BCUT2D eigenvalue weighted by atomic mass is 9.98. The van der Waals surface area contributed by atoms with Crippen molar-refractivity contribution in [1.82, 2.24) is 10.1 Å². The molecule has 0 spiro atoms. The summed E-state index contributed by atoms with van der Waals surface area (Å²) in [5, 5.41) is 6.17. The van der Waals surface area contributed by atoms with Crippen molar-refractivity contribution in [3.63, 3.8) is 0 Å². The van der Waals surface area contributed by atoms with Crippen molar-refractivity contribution in [3.05, 3.63) is 99.9 Å². The van der Waals surface area contributed by atoms with Crippen LogP contribution in [0.5, 0.6) is 0 Å². The van der Waals surface area contributed by atoms with Gasteiger partial charge in [0.2, 0.25) is 5.76 Å². The van der Waals surface area contributed by atoms with E-state index in [1.54, 1.807) is 43.6 Å². The summed E-state index contributed by atoms with van der Waals surface area (Å²) in [7, 11) is 0. The Hall–Kier alpha value is -4.26. The van der Waals surface area contributed by atoms with Crippen molar-refractivity contribution in [2.45, 2.75) is 13.0 Å². The van der Waals surface area contributed by atoms with Crippen molar-refractivity contribution >= 4 is 33.5 Å². The smallest absolute Gasteiger partial charge is 0.296 e. The number of amides is 1. The van der Waals surface area contributed by atoms with Crippen LogP contribution in [-0.2, 0) is 0 Å². The predicted octanol–water partition coefficient (Wildman–Crippen LogP) is 4.39. The van der Waals surface area contributed by atoms with E-state index in [0.717, 1.165) is 16.3 Å². The fourth-order valence-electron chi connectivity index (χ4n) is 4.26. The Bertz CT molecular complexity index is 1550. The van der Waals surface area contributed by atoms with Crippen molar-refractivity contribution in [2.24, 2.45) is 0 Å². The van der Waals surface area contributed by atoms with Crippen LogP contribution >= 0.6 is 0 Å². The number of rotatable bonds is 2. The van der Waals surface area contributed by atoms with Crippen LogP contribution in [0.1, 0.15) is 33.5 Å². The molecule has 1 aliphatic rings. The van der Waals surface area contributed by atoms with Crippen LogP contribution in [0, 0.1) is 6.92 Å². The summed E-state index contributed by atoms with van der Waals surface area (Å²) in [6.45, 7) is 1.75. The third-order valence-corrected chi connectivity index (χ3v) is 5.65. The number of pyridine rings is 1. The van der Waals surface area contributed by atoms with Gasteiger partial charge in [0.15, 0.2) is 11.2 Å². The first-order valence-corrected chi connectivity index (χ1v) is 9.79. The van der Waals surface area contributed by atoms with Gasteiger partial charge in [-0.3, -0.25) is 19.5 Å². The van der Waals surface area contributed by atoms with Gasteiger partial charge in [0.25, 0.3) is 5.91 Å². The summed E-state index contributed by atoms with van der Waals surface area (Å²) < 4.78 is 11.4. The normalized spacial score (nSPS) is 15.7. The van der Waals surface area contributed by atoms with E-state index in [9.17, 15) is 9.59 Å². The maximum Gasteiger partial charge on any atom is 0.296 e. The van der Waals surface area contributed by atoms with E-state index in [1.807, 2.05) is 30.3 Å². The molecule has 2 aromatic carbocycles. The second-order valence-corrected chi connectivity index (χ2v) is 7.49. The summed E-state index contributed by atoms with van der Waals surface area (Å²) in [6.07, 6.45) is 3.25. The Morgan fingerprint density at radius 2 is 1.77 bits per heavy atom. The van der Waals surface area contributed by atoms with Gasteiger partial charge in [0.1, 0.15) is 11.3 Å². The lowest BCUT2D eigenvalue weighted by molar-refractivity contribution is 0.0969. The number of carbonyl (C=O) groups excluding carboxylic acids is 1. The zero-order valence-corrected chi connectivity index (χ0v) is 16.4. The zero-order chi connectivity index (χ0) is 21.1. The molecule has 0 saturated heterocycles. The molecule has 7 nitrogen and oxygen atoms in total. The molecule has 6 rings (SSSR count). The Morgan fingerprint density at radius 1 is 0.968 bits per heavy atom. The van der Waals surface area contributed by atoms with E-state index in [4.69, 9.17) is 8.94 Å². The summed E-state index contributed by atoms with van der Waals surface area (Å²) in [6, 6.07) is 15.8. The maximum absolute atomic E-state index is 13.7. The van der Waals surface area contributed by atoms with Crippen LogP contribution in [0.15, 0.2) is 80.7 Å². The van der Waals surface area contributed by atoms with Gasteiger partial charge >= 0.3 is 0 Å². The molecule has 0 bridgehead atoms. The highest BCUT2D eigenvalue weighted by Crippen LogP contribution is 2.41. The molecular formula is C24H15N3O4. The first-order chi connectivity index (χ1) is 15.1. The number of aryl methyl sites for hydroxylation is 1. The summed E-state index contributed by atoms with van der Waals surface area (Å²) >= 11 is 0. The van der Waals surface area contributed by atoms with E-state index in [0.29, 0.717) is 28.1 Å². The van der Waals surface area contributed by atoms with Crippen molar-refractivity contribution in [3.8, 4) is 0 Å². The van der Waals surface area contributed by atoms with E-state index < -0.39 is 11.9 Å². The van der Waals surface area contributed by atoms with Crippen LogP contribution in [0.25, 0.3) is 21.7 Å². The van der Waals surface area contributed by atoms with Crippen LogP contribution in [-0.4, -0.2) is 16.0 Å². The molecule has 1 atom stereocenters. The molecule has 150 valence electrons. The number of aromatic nitrogens is 2. The van der Waals surface area contributed by atoms with Gasteiger partial charge in [-0.25, -0.2) is 0 Å². The van der Waals surface area contributed by atoms with Crippen molar-refractivity contribution < 1.29 is 13.7 Å². The molecule has 1 amide bonds. The van der Waals surface area contributed by atoms with Gasteiger partial charge in [-0.05, 0) is 36.1 Å². The van der Waals surface area contributed by atoms with Gasteiger partial charge in [-0.1, -0.05) is 35.5 Å². The minimum Gasteiger partial charge on any atom is -0.450 e. The molecule has 0 N–H and O–H groups in total. The molecule has 3 aromatic heterocycles. The summed E-state index contributed by atoms with van der Waals surface area (Å²) in [4.78, 5) is 32.7.